The maximum atomic E-state index is 11.3. The normalized spacial score (nSPS) is 13.3. The molecule has 2 nitrogen and oxygen atoms in total. The van der Waals surface area contributed by atoms with Crippen LogP contribution < -0.4 is 0 Å². The van der Waals surface area contributed by atoms with Crippen molar-refractivity contribution in [3.63, 3.8) is 0 Å². The summed E-state index contributed by atoms with van der Waals surface area (Å²) in [4.78, 5) is 0. The second-order valence-corrected chi connectivity index (χ2v) is 10.5. The van der Waals surface area contributed by atoms with Gasteiger partial charge in [0.25, 0.3) is 0 Å². The van der Waals surface area contributed by atoms with Crippen LogP contribution in [0.2, 0.25) is 0 Å². The Hall–Kier alpha value is 0.270. The fourth-order valence-corrected chi connectivity index (χ4v) is 3.82. The summed E-state index contributed by atoms with van der Waals surface area (Å²) < 4.78 is 17.0. The molecule has 0 aliphatic rings. The SMILES string of the molecule is CC[S+]([O-])CCCCCCCCCCCCCOCCCC(C)(C)C. The van der Waals surface area contributed by atoms with E-state index in [0.29, 0.717) is 5.41 Å². The van der Waals surface area contributed by atoms with E-state index in [-0.39, 0.29) is 0 Å². The van der Waals surface area contributed by atoms with Gasteiger partial charge in [-0.1, -0.05) is 83.3 Å². The molecule has 3 heteroatoms. The van der Waals surface area contributed by atoms with Gasteiger partial charge >= 0.3 is 0 Å². The molecule has 152 valence electrons. The third-order valence-corrected chi connectivity index (χ3v) is 6.09. The standard InChI is InChI=1S/C22H46O2S/c1-5-25(23)21-16-14-12-10-8-6-7-9-11-13-15-19-24-20-17-18-22(2,3)4/h5-21H2,1-4H3. The lowest BCUT2D eigenvalue weighted by Crippen LogP contribution is -2.08. The van der Waals surface area contributed by atoms with Crippen molar-refractivity contribution >= 4 is 11.2 Å². The van der Waals surface area contributed by atoms with Crippen molar-refractivity contribution in [2.45, 2.75) is 111 Å². The van der Waals surface area contributed by atoms with Crippen molar-refractivity contribution < 1.29 is 9.29 Å². The number of hydrogen-bond acceptors (Lipinski definition) is 2. The average molecular weight is 375 g/mol. The summed E-state index contributed by atoms with van der Waals surface area (Å²) in [6.45, 7) is 10.8. The first-order valence-corrected chi connectivity index (χ1v) is 12.4. The van der Waals surface area contributed by atoms with Crippen LogP contribution >= 0.6 is 0 Å². The molecule has 0 aromatic rings. The molecule has 0 bridgehead atoms. The molecule has 0 radical (unpaired) electrons. The Balaban J connectivity index is 3.05. The number of unbranched alkanes of at least 4 members (excludes halogenated alkanes) is 10. The Morgan fingerprint density at radius 2 is 1.12 bits per heavy atom. The van der Waals surface area contributed by atoms with E-state index in [0.717, 1.165) is 31.1 Å². The Labute approximate surface area is 162 Å². The molecule has 0 aromatic heterocycles. The minimum atomic E-state index is -0.557. The van der Waals surface area contributed by atoms with Crippen LogP contribution in [0.5, 0.6) is 0 Å². The summed E-state index contributed by atoms with van der Waals surface area (Å²) in [5, 5.41) is 0. The van der Waals surface area contributed by atoms with Gasteiger partial charge in [0.1, 0.15) is 11.5 Å². The molecule has 0 N–H and O–H groups in total. The molecule has 25 heavy (non-hydrogen) atoms. The maximum absolute atomic E-state index is 11.3. The summed E-state index contributed by atoms with van der Waals surface area (Å²) in [5.41, 5.74) is 0.443. The van der Waals surface area contributed by atoms with Gasteiger partial charge in [-0.2, -0.15) is 0 Å². The van der Waals surface area contributed by atoms with Gasteiger partial charge in [0.05, 0.1) is 0 Å². The fourth-order valence-electron chi connectivity index (χ4n) is 3.01. The lowest BCUT2D eigenvalue weighted by atomic mass is 9.91. The number of ether oxygens (including phenoxy) is 1. The van der Waals surface area contributed by atoms with Crippen molar-refractivity contribution in [1.82, 2.24) is 0 Å². The van der Waals surface area contributed by atoms with Gasteiger partial charge in [-0.25, -0.2) is 0 Å². The molecular weight excluding hydrogens is 328 g/mol. The summed E-state index contributed by atoms with van der Waals surface area (Å²) in [6, 6.07) is 0. The molecule has 0 saturated heterocycles. The summed E-state index contributed by atoms with van der Waals surface area (Å²) in [7, 11) is 0. The Bertz CT molecular complexity index is 263. The Kier molecular flexibility index (Phi) is 17.9. The van der Waals surface area contributed by atoms with Crippen molar-refractivity contribution in [3.8, 4) is 0 Å². The molecule has 1 unspecified atom stereocenters. The van der Waals surface area contributed by atoms with Gasteiger partial charge in [-0.15, -0.1) is 0 Å². The molecule has 0 spiro atoms. The van der Waals surface area contributed by atoms with E-state index in [1.54, 1.807) is 0 Å². The highest BCUT2D eigenvalue weighted by atomic mass is 32.2. The Morgan fingerprint density at radius 1 is 0.680 bits per heavy atom. The van der Waals surface area contributed by atoms with Crippen LogP contribution in [0.4, 0.5) is 0 Å². The zero-order valence-corrected chi connectivity index (χ0v) is 18.6. The quantitative estimate of drug-likeness (QED) is 0.193. The van der Waals surface area contributed by atoms with Gasteiger partial charge in [0.2, 0.25) is 0 Å². The maximum Gasteiger partial charge on any atom is 0.105 e. The highest BCUT2D eigenvalue weighted by molar-refractivity contribution is 7.91. The van der Waals surface area contributed by atoms with E-state index in [9.17, 15) is 4.55 Å². The molecule has 1 atom stereocenters. The minimum absolute atomic E-state index is 0.443. The van der Waals surface area contributed by atoms with Crippen LogP contribution in [-0.2, 0) is 15.9 Å². The first-order valence-electron chi connectivity index (χ1n) is 10.9. The molecule has 0 aliphatic carbocycles. The Morgan fingerprint density at radius 3 is 1.60 bits per heavy atom. The van der Waals surface area contributed by atoms with Crippen molar-refractivity contribution in [2.24, 2.45) is 5.41 Å². The topological polar surface area (TPSA) is 32.3 Å². The zero-order valence-electron chi connectivity index (χ0n) is 17.7. The first kappa shape index (κ1) is 25.3. The second kappa shape index (κ2) is 17.7. The molecule has 0 amide bonds. The van der Waals surface area contributed by atoms with Gasteiger partial charge < -0.3 is 9.29 Å². The monoisotopic (exact) mass is 374 g/mol. The highest BCUT2D eigenvalue weighted by Gasteiger charge is 2.08. The lowest BCUT2D eigenvalue weighted by molar-refractivity contribution is 0.118. The smallest absolute Gasteiger partial charge is 0.105 e. The largest absolute Gasteiger partial charge is 0.616 e. The molecule has 0 rings (SSSR count). The molecular formula is C22H46O2S. The minimum Gasteiger partial charge on any atom is -0.616 e. The predicted molar refractivity (Wildman–Crippen MR) is 114 cm³/mol. The van der Waals surface area contributed by atoms with Crippen molar-refractivity contribution in [2.75, 3.05) is 24.7 Å². The number of hydrogen-bond donors (Lipinski definition) is 0. The van der Waals surface area contributed by atoms with Crippen molar-refractivity contribution in [1.29, 1.82) is 0 Å². The lowest BCUT2D eigenvalue weighted by Gasteiger charge is -2.17. The number of rotatable bonds is 18. The molecule has 0 saturated carbocycles. The van der Waals surface area contributed by atoms with E-state index in [1.807, 2.05) is 6.92 Å². The predicted octanol–water partition coefficient (Wildman–Crippen LogP) is 6.89. The second-order valence-electron chi connectivity index (χ2n) is 8.60. The zero-order chi connectivity index (χ0) is 18.8. The molecule has 0 heterocycles. The van der Waals surface area contributed by atoms with E-state index in [1.165, 1.54) is 77.0 Å². The van der Waals surface area contributed by atoms with Crippen LogP contribution in [0.1, 0.15) is 111 Å². The van der Waals surface area contributed by atoms with E-state index in [4.69, 9.17) is 4.74 Å². The van der Waals surface area contributed by atoms with Crippen LogP contribution in [0, 0.1) is 5.41 Å². The fraction of sp³-hybridized carbons (Fsp3) is 1.00. The average Bonchev–Trinajstić information content (AvgIpc) is 2.56. The van der Waals surface area contributed by atoms with Gasteiger partial charge in [0.15, 0.2) is 0 Å². The van der Waals surface area contributed by atoms with Crippen LogP contribution in [0.25, 0.3) is 0 Å². The van der Waals surface area contributed by atoms with Gasteiger partial charge in [-0.05, 0) is 44.4 Å². The molecule has 0 fully saturated rings. The third-order valence-electron chi connectivity index (χ3n) is 4.70. The first-order chi connectivity index (χ1) is 12.0. The van der Waals surface area contributed by atoms with Gasteiger partial charge in [-0.3, -0.25) is 0 Å². The van der Waals surface area contributed by atoms with Crippen LogP contribution in [0.3, 0.4) is 0 Å². The molecule has 0 aliphatic heterocycles. The van der Waals surface area contributed by atoms with Gasteiger partial charge in [0, 0.05) is 13.2 Å². The van der Waals surface area contributed by atoms with E-state index in [2.05, 4.69) is 20.8 Å². The van der Waals surface area contributed by atoms with E-state index < -0.39 is 11.2 Å². The van der Waals surface area contributed by atoms with Crippen LogP contribution in [0.15, 0.2) is 0 Å². The van der Waals surface area contributed by atoms with Crippen molar-refractivity contribution in [3.05, 3.63) is 0 Å². The third kappa shape index (κ3) is 22.2. The summed E-state index contributed by atoms with van der Waals surface area (Å²) in [5.74, 6) is 1.74. The van der Waals surface area contributed by atoms with E-state index >= 15 is 0 Å². The summed E-state index contributed by atoms with van der Waals surface area (Å²) in [6.07, 6.45) is 17.0. The van der Waals surface area contributed by atoms with Crippen LogP contribution in [-0.4, -0.2) is 29.3 Å². The summed E-state index contributed by atoms with van der Waals surface area (Å²) >= 11 is -0.557. The molecule has 0 aromatic carbocycles. The highest BCUT2D eigenvalue weighted by Crippen LogP contribution is 2.20.